The molecule has 110 valence electrons. The summed E-state index contributed by atoms with van der Waals surface area (Å²) in [6.07, 6.45) is 2.94. The molecule has 5 heteroatoms. The molecule has 0 spiro atoms. The second-order valence-electron chi connectivity index (χ2n) is 5.31. The van der Waals surface area contributed by atoms with Gasteiger partial charge in [-0.15, -0.1) is 11.3 Å². The minimum absolute atomic E-state index is 0.186. The van der Waals surface area contributed by atoms with Crippen LogP contribution >= 0.6 is 11.3 Å². The molecule has 0 fully saturated rings. The molecular weight excluding hydrogens is 285 g/mol. The van der Waals surface area contributed by atoms with E-state index in [4.69, 9.17) is 0 Å². The molecule has 0 saturated carbocycles. The maximum atomic E-state index is 12.9. The van der Waals surface area contributed by atoms with Gasteiger partial charge in [0.1, 0.15) is 5.82 Å². The Labute approximate surface area is 127 Å². The number of fused-ring (bicyclic) bond motifs is 1. The SMILES string of the molecule is Cc1nc2sccn2c1CNC(C)Cc1ccc(F)cc1. The first-order chi connectivity index (χ1) is 10.1. The van der Waals surface area contributed by atoms with Gasteiger partial charge in [-0.2, -0.15) is 0 Å². The third-order valence-electron chi connectivity index (χ3n) is 3.63. The Morgan fingerprint density at radius 1 is 1.33 bits per heavy atom. The molecule has 21 heavy (non-hydrogen) atoms. The van der Waals surface area contributed by atoms with Crippen molar-refractivity contribution in [1.82, 2.24) is 14.7 Å². The molecule has 0 aliphatic rings. The number of imidazole rings is 1. The molecule has 1 atom stereocenters. The summed E-state index contributed by atoms with van der Waals surface area (Å²) in [5.74, 6) is -0.186. The Bertz CT molecular complexity index is 730. The molecule has 3 aromatic rings. The first kappa shape index (κ1) is 14.2. The Morgan fingerprint density at radius 2 is 2.10 bits per heavy atom. The van der Waals surface area contributed by atoms with Gasteiger partial charge in [0.05, 0.1) is 11.4 Å². The number of rotatable bonds is 5. The molecular formula is C16H18FN3S. The smallest absolute Gasteiger partial charge is 0.194 e. The highest BCUT2D eigenvalue weighted by Gasteiger charge is 2.11. The van der Waals surface area contributed by atoms with Crippen molar-refractivity contribution in [2.45, 2.75) is 32.9 Å². The van der Waals surface area contributed by atoms with Crippen LogP contribution in [0.1, 0.15) is 23.9 Å². The molecule has 0 aliphatic carbocycles. The van der Waals surface area contributed by atoms with Gasteiger partial charge < -0.3 is 5.32 Å². The topological polar surface area (TPSA) is 29.3 Å². The highest BCUT2D eigenvalue weighted by atomic mass is 32.1. The van der Waals surface area contributed by atoms with Crippen LogP contribution in [0.25, 0.3) is 4.96 Å². The van der Waals surface area contributed by atoms with Crippen molar-refractivity contribution in [2.75, 3.05) is 0 Å². The lowest BCUT2D eigenvalue weighted by molar-refractivity contribution is 0.536. The van der Waals surface area contributed by atoms with Crippen molar-refractivity contribution < 1.29 is 4.39 Å². The summed E-state index contributed by atoms with van der Waals surface area (Å²) in [6, 6.07) is 7.03. The highest BCUT2D eigenvalue weighted by molar-refractivity contribution is 7.15. The van der Waals surface area contributed by atoms with Gasteiger partial charge in [-0.3, -0.25) is 4.40 Å². The van der Waals surface area contributed by atoms with Gasteiger partial charge in [0.25, 0.3) is 0 Å². The Balaban J connectivity index is 1.63. The van der Waals surface area contributed by atoms with E-state index in [2.05, 4.69) is 27.8 Å². The van der Waals surface area contributed by atoms with E-state index >= 15 is 0 Å². The Hall–Kier alpha value is -1.72. The molecule has 1 N–H and O–H groups in total. The average Bonchev–Trinajstić information content (AvgIpc) is 3.00. The molecule has 1 aromatic carbocycles. The van der Waals surface area contributed by atoms with Gasteiger partial charge in [0.2, 0.25) is 0 Å². The molecule has 0 bridgehead atoms. The second kappa shape index (κ2) is 5.95. The number of hydrogen-bond acceptors (Lipinski definition) is 3. The lowest BCUT2D eigenvalue weighted by Crippen LogP contribution is -2.28. The standard InChI is InChI=1S/C16H18FN3S/c1-11(9-13-3-5-14(17)6-4-13)18-10-15-12(2)19-16-20(15)7-8-21-16/h3-8,11,18H,9-10H2,1-2H3. The molecule has 0 aliphatic heterocycles. The number of aromatic nitrogens is 2. The molecule has 1 unspecified atom stereocenters. The van der Waals surface area contributed by atoms with Crippen molar-refractivity contribution >= 4 is 16.3 Å². The molecule has 3 rings (SSSR count). The van der Waals surface area contributed by atoms with Crippen LogP contribution in [0.4, 0.5) is 4.39 Å². The van der Waals surface area contributed by atoms with E-state index < -0.39 is 0 Å². The van der Waals surface area contributed by atoms with Gasteiger partial charge in [-0.25, -0.2) is 9.37 Å². The highest BCUT2D eigenvalue weighted by Crippen LogP contribution is 2.16. The van der Waals surface area contributed by atoms with Crippen LogP contribution in [0.5, 0.6) is 0 Å². The second-order valence-corrected chi connectivity index (χ2v) is 6.19. The number of benzene rings is 1. The summed E-state index contributed by atoms with van der Waals surface area (Å²) in [4.78, 5) is 5.58. The third kappa shape index (κ3) is 3.14. The van der Waals surface area contributed by atoms with Crippen LogP contribution in [-0.2, 0) is 13.0 Å². The van der Waals surface area contributed by atoms with Crippen LogP contribution in [-0.4, -0.2) is 15.4 Å². The number of halogens is 1. The van der Waals surface area contributed by atoms with E-state index in [0.29, 0.717) is 6.04 Å². The fourth-order valence-corrected chi connectivity index (χ4v) is 3.25. The van der Waals surface area contributed by atoms with Crippen LogP contribution in [0.2, 0.25) is 0 Å². The fraction of sp³-hybridized carbons (Fsp3) is 0.312. The average molecular weight is 303 g/mol. The van der Waals surface area contributed by atoms with Gasteiger partial charge in [-0.1, -0.05) is 12.1 Å². The number of nitrogens with zero attached hydrogens (tertiary/aromatic N) is 2. The van der Waals surface area contributed by atoms with Gasteiger partial charge in [0.15, 0.2) is 4.96 Å². The molecule has 0 radical (unpaired) electrons. The van der Waals surface area contributed by atoms with E-state index in [-0.39, 0.29) is 5.82 Å². The minimum atomic E-state index is -0.186. The zero-order valence-corrected chi connectivity index (χ0v) is 13.0. The quantitative estimate of drug-likeness (QED) is 0.781. The van der Waals surface area contributed by atoms with Crippen LogP contribution in [0.3, 0.4) is 0 Å². The van der Waals surface area contributed by atoms with Crippen LogP contribution in [0.15, 0.2) is 35.8 Å². The number of hydrogen-bond donors (Lipinski definition) is 1. The van der Waals surface area contributed by atoms with Crippen LogP contribution < -0.4 is 5.32 Å². The third-order valence-corrected chi connectivity index (χ3v) is 4.39. The van der Waals surface area contributed by atoms with Gasteiger partial charge in [0, 0.05) is 24.2 Å². The molecule has 2 aromatic heterocycles. The van der Waals surface area contributed by atoms with Gasteiger partial charge in [-0.05, 0) is 38.0 Å². The number of nitrogens with one attached hydrogen (secondary N) is 1. The fourth-order valence-electron chi connectivity index (χ4n) is 2.47. The van der Waals surface area contributed by atoms with Crippen molar-refractivity contribution in [3.05, 3.63) is 58.6 Å². The molecule has 0 saturated heterocycles. The maximum Gasteiger partial charge on any atom is 0.194 e. The predicted octanol–water partition coefficient (Wildman–Crippen LogP) is 3.56. The first-order valence-corrected chi connectivity index (χ1v) is 7.90. The summed E-state index contributed by atoms with van der Waals surface area (Å²) in [5.41, 5.74) is 3.42. The largest absolute Gasteiger partial charge is 0.308 e. The number of thiazole rings is 1. The Morgan fingerprint density at radius 3 is 2.86 bits per heavy atom. The van der Waals surface area contributed by atoms with E-state index in [9.17, 15) is 4.39 Å². The summed E-state index contributed by atoms with van der Waals surface area (Å²) in [7, 11) is 0. The summed E-state index contributed by atoms with van der Waals surface area (Å²) in [5, 5.41) is 5.57. The van der Waals surface area contributed by atoms with Crippen molar-refractivity contribution in [3.63, 3.8) is 0 Å². The lowest BCUT2D eigenvalue weighted by Gasteiger charge is -2.14. The molecule has 2 heterocycles. The molecule has 3 nitrogen and oxygen atoms in total. The summed E-state index contributed by atoms with van der Waals surface area (Å²) < 4.78 is 15.0. The van der Waals surface area contributed by atoms with Crippen molar-refractivity contribution in [1.29, 1.82) is 0 Å². The maximum absolute atomic E-state index is 12.9. The first-order valence-electron chi connectivity index (χ1n) is 7.02. The normalized spacial score (nSPS) is 12.9. The van der Waals surface area contributed by atoms with E-state index in [1.54, 1.807) is 11.3 Å². The summed E-state index contributed by atoms with van der Waals surface area (Å²) >= 11 is 1.65. The number of aryl methyl sites for hydroxylation is 1. The predicted molar refractivity (Wildman–Crippen MR) is 84.2 cm³/mol. The Kier molecular flexibility index (Phi) is 4.03. The van der Waals surface area contributed by atoms with Crippen molar-refractivity contribution in [3.8, 4) is 0 Å². The summed E-state index contributed by atoms with van der Waals surface area (Å²) in [6.45, 7) is 4.97. The minimum Gasteiger partial charge on any atom is -0.308 e. The van der Waals surface area contributed by atoms with E-state index in [1.807, 2.05) is 24.4 Å². The molecule has 0 amide bonds. The van der Waals surface area contributed by atoms with E-state index in [0.717, 1.165) is 29.2 Å². The van der Waals surface area contributed by atoms with Gasteiger partial charge >= 0.3 is 0 Å². The van der Waals surface area contributed by atoms with E-state index in [1.165, 1.54) is 17.8 Å². The monoisotopic (exact) mass is 303 g/mol. The zero-order valence-electron chi connectivity index (χ0n) is 12.1. The van der Waals surface area contributed by atoms with Crippen molar-refractivity contribution in [2.24, 2.45) is 0 Å². The lowest BCUT2D eigenvalue weighted by atomic mass is 10.1. The zero-order chi connectivity index (χ0) is 14.8. The van der Waals surface area contributed by atoms with Crippen LogP contribution in [0, 0.1) is 12.7 Å².